The van der Waals surface area contributed by atoms with E-state index >= 15 is 0 Å². The van der Waals surface area contributed by atoms with Crippen molar-refractivity contribution in [3.8, 4) is 11.8 Å². The zero-order valence-corrected chi connectivity index (χ0v) is 13.6. The van der Waals surface area contributed by atoms with Crippen LogP contribution in [0.4, 0.5) is 0 Å². The molecule has 0 radical (unpaired) electrons. The molecular formula is C16H22ClN3O2. The molecule has 0 aliphatic carbocycles. The van der Waals surface area contributed by atoms with Gasteiger partial charge in [-0.05, 0) is 43.5 Å². The number of nitrogens with one attached hydrogen (secondary N) is 1. The molecule has 1 N–H and O–H groups in total. The molecule has 1 aliphatic rings. The van der Waals surface area contributed by atoms with Gasteiger partial charge in [0, 0.05) is 6.54 Å². The molecule has 120 valence electrons. The number of hydrogen-bond donors (Lipinski definition) is 1. The lowest BCUT2D eigenvalue weighted by Crippen LogP contribution is -2.40. The first-order chi connectivity index (χ1) is 10.2. The van der Waals surface area contributed by atoms with Crippen molar-refractivity contribution in [3.05, 3.63) is 29.8 Å². The molecule has 0 spiro atoms. The van der Waals surface area contributed by atoms with Crippen LogP contribution in [0.3, 0.4) is 0 Å². The summed E-state index contributed by atoms with van der Waals surface area (Å²) in [6.45, 7) is 1.74. The Balaban J connectivity index is 0.00000242. The van der Waals surface area contributed by atoms with Gasteiger partial charge in [0.15, 0.2) is 0 Å². The highest BCUT2D eigenvalue weighted by molar-refractivity contribution is 5.85. The average molecular weight is 324 g/mol. The first-order valence-corrected chi connectivity index (χ1v) is 7.27. The van der Waals surface area contributed by atoms with Crippen LogP contribution in [0.2, 0.25) is 0 Å². The smallest absolute Gasteiger partial charge is 0.237 e. The van der Waals surface area contributed by atoms with Gasteiger partial charge in [-0.15, -0.1) is 12.4 Å². The molecule has 6 heteroatoms. The van der Waals surface area contributed by atoms with Crippen molar-refractivity contribution in [2.45, 2.75) is 25.3 Å². The highest BCUT2D eigenvalue weighted by atomic mass is 35.5. The minimum atomic E-state index is -0.235. The predicted molar refractivity (Wildman–Crippen MR) is 87.2 cm³/mol. The van der Waals surface area contributed by atoms with Crippen LogP contribution in [0.25, 0.3) is 0 Å². The zero-order valence-electron chi connectivity index (χ0n) is 12.7. The fourth-order valence-electron chi connectivity index (χ4n) is 2.52. The standard InChI is InChI=1S/C16H21N3O2.ClH/c1-21-15-6-4-13(5-7-15)8-9-18-12-16(20)19-10-2-3-14(19)11-17;/h4-7,14,18H,2-3,8-10,12H2,1H3;1H/t14-;/m0./s1. The molecule has 1 aromatic carbocycles. The predicted octanol–water partition coefficient (Wildman–Crippen LogP) is 1.76. The molecule has 1 aromatic rings. The van der Waals surface area contributed by atoms with E-state index in [1.165, 1.54) is 5.56 Å². The van der Waals surface area contributed by atoms with Crippen molar-refractivity contribution >= 4 is 18.3 Å². The summed E-state index contributed by atoms with van der Waals surface area (Å²) < 4.78 is 5.11. The number of amides is 1. The highest BCUT2D eigenvalue weighted by Gasteiger charge is 2.27. The fraction of sp³-hybridized carbons (Fsp3) is 0.500. The Labute approximate surface area is 137 Å². The molecule has 1 heterocycles. The van der Waals surface area contributed by atoms with Crippen LogP contribution < -0.4 is 10.1 Å². The minimum absolute atomic E-state index is 0. The van der Waals surface area contributed by atoms with E-state index in [2.05, 4.69) is 11.4 Å². The van der Waals surface area contributed by atoms with E-state index < -0.39 is 0 Å². The van der Waals surface area contributed by atoms with Gasteiger partial charge < -0.3 is 15.0 Å². The summed E-state index contributed by atoms with van der Waals surface area (Å²) in [4.78, 5) is 13.7. The number of rotatable bonds is 6. The van der Waals surface area contributed by atoms with Gasteiger partial charge in [-0.25, -0.2) is 0 Å². The number of carbonyl (C=O) groups is 1. The van der Waals surface area contributed by atoms with Gasteiger partial charge in [-0.1, -0.05) is 12.1 Å². The molecular weight excluding hydrogens is 302 g/mol. The quantitative estimate of drug-likeness (QED) is 0.810. The van der Waals surface area contributed by atoms with Crippen molar-refractivity contribution in [1.29, 1.82) is 5.26 Å². The van der Waals surface area contributed by atoms with E-state index in [0.29, 0.717) is 13.1 Å². The van der Waals surface area contributed by atoms with Crippen molar-refractivity contribution in [2.75, 3.05) is 26.7 Å². The van der Waals surface area contributed by atoms with Crippen LogP contribution in [-0.4, -0.2) is 43.6 Å². The van der Waals surface area contributed by atoms with Crippen molar-refractivity contribution in [1.82, 2.24) is 10.2 Å². The first kappa shape index (κ1) is 18.3. The summed E-state index contributed by atoms with van der Waals surface area (Å²) in [7, 11) is 1.65. The van der Waals surface area contributed by atoms with Crippen molar-refractivity contribution in [2.24, 2.45) is 0 Å². The SMILES string of the molecule is COc1ccc(CCNCC(=O)N2CCC[C@H]2C#N)cc1.Cl. The topological polar surface area (TPSA) is 65.4 Å². The van der Waals surface area contributed by atoms with Crippen LogP contribution in [-0.2, 0) is 11.2 Å². The van der Waals surface area contributed by atoms with Crippen molar-refractivity contribution in [3.63, 3.8) is 0 Å². The zero-order chi connectivity index (χ0) is 15.1. The Bertz CT molecular complexity index is 513. The first-order valence-electron chi connectivity index (χ1n) is 7.27. The van der Waals surface area contributed by atoms with Crippen LogP contribution in [0, 0.1) is 11.3 Å². The summed E-state index contributed by atoms with van der Waals surface area (Å²) in [5.74, 6) is 0.868. The monoisotopic (exact) mass is 323 g/mol. The lowest BCUT2D eigenvalue weighted by Gasteiger charge is -2.19. The second kappa shape index (κ2) is 9.29. The van der Waals surface area contributed by atoms with Crippen molar-refractivity contribution < 1.29 is 9.53 Å². The maximum absolute atomic E-state index is 12.0. The van der Waals surface area contributed by atoms with E-state index in [0.717, 1.165) is 31.6 Å². The molecule has 1 fully saturated rings. The number of nitriles is 1. The lowest BCUT2D eigenvalue weighted by atomic mass is 10.1. The Morgan fingerprint density at radius 2 is 2.18 bits per heavy atom. The van der Waals surface area contributed by atoms with E-state index in [-0.39, 0.29) is 24.4 Å². The minimum Gasteiger partial charge on any atom is -0.497 e. The molecule has 0 aromatic heterocycles. The number of hydrogen-bond acceptors (Lipinski definition) is 4. The normalized spacial score (nSPS) is 16.7. The van der Waals surface area contributed by atoms with Gasteiger partial charge in [-0.2, -0.15) is 5.26 Å². The third kappa shape index (κ3) is 4.90. The summed E-state index contributed by atoms with van der Waals surface area (Å²) in [6.07, 6.45) is 2.59. The molecule has 0 unspecified atom stereocenters. The van der Waals surface area contributed by atoms with Gasteiger partial charge in [0.1, 0.15) is 11.8 Å². The second-order valence-corrected chi connectivity index (χ2v) is 5.15. The number of nitrogens with zero attached hydrogens (tertiary/aromatic N) is 2. The van der Waals surface area contributed by atoms with E-state index in [9.17, 15) is 4.79 Å². The molecule has 22 heavy (non-hydrogen) atoms. The average Bonchev–Trinajstić information content (AvgIpc) is 3.00. The van der Waals surface area contributed by atoms with Gasteiger partial charge >= 0.3 is 0 Å². The Kier molecular flexibility index (Phi) is 7.72. The Morgan fingerprint density at radius 1 is 1.45 bits per heavy atom. The highest BCUT2D eigenvalue weighted by Crippen LogP contribution is 2.16. The maximum Gasteiger partial charge on any atom is 0.237 e. The third-order valence-corrected chi connectivity index (χ3v) is 3.75. The van der Waals surface area contributed by atoms with E-state index in [1.807, 2.05) is 24.3 Å². The molecule has 1 aliphatic heterocycles. The van der Waals surface area contributed by atoms with E-state index in [4.69, 9.17) is 10.00 Å². The maximum atomic E-state index is 12.0. The van der Waals surface area contributed by atoms with Crippen LogP contribution >= 0.6 is 12.4 Å². The summed E-state index contributed by atoms with van der Waals surface area (Å²) in [5.41, 5.74) is 1.20. The number of methoxy groups -OCH3 is 1. The lowest BCUT2D eigenvalue weighted by molar-refractivity contribution is -0.130. The number of likely N-dealkylation sites (tertiary alicyclic amines) is 1. The molecule has 5 nitrogen and oxygen atoms in total. The van der Waals surface area contributed by atoms with E-state index in [1.54, 1.807) is 12.0 Å². The van der Waals surface area contributed by atoms with Gasteiger partial charge in [0.25, 0.3) is 0 Å². The summed E-state index contributed by atoms with van der Waals surface area (Å²) >= 11 is 0. The largest absolute Gasteiger partial charge is 0.497 e. The molecule has 0 saturated carbocycles. The number of ether oxygens (including phenoxy) is 1. The molecule has 1 saturated heterocycles. The Morgan fingerprint density at radius 3 is 2.82 bits per heavy atom. The summed E-state index contributed by atoms with van der Waals surface area (Å²) in [5, 5.41) is 12.1. The van der Waals surface area contributed by atoms with Crippen LogP contribution in [0.5, 0.6) is 5.75 Å². The molecule has 1 amide bonds. The number of benzene rings is 1. The number of halogens is 1. The van der Waals surface area contributed by atoms with Gasteiger partial charge in [0.2, 0.25) is 5.91 Å². The summed E-state index contributed by atoms with van der Waals surface area (Å²) in [6, 6.07) is 9.86. The third-order valence-electron chi connectivity index (χ3n) is 3.75. The fourth-order valence-corrected chi connectivity index (χ4v) is 2.52. The molecule has 0 bridgehead atoms. The van der Waals surface area contributed by atoms with Crippen LogP contribution in [0.15, 0.2) is 24.3 Å². The molecule has 1 atom stereocenters. The van der Waals surface area contributed by atoms with Gasteiger partial charge in [-0.3, -0.25) is 4.79 Å². The number of carbonyl (C=O) groups excluding carboxylic acids is 1. The Hall–Kier alpha value is -1.77. The van der Waals surface area contributed by atoms with Crippen LogP contribution in [0.1, 0.15) is 18.4 Å². The van der Waals surface area contributed by atoms with Gasteiger partial charge in [0.05, 0.1) is 19.7 Å². The second-order valence-electron chi connectivity index (χ2n) is 5.15. The molecule has 2 rings (SSSR count).